The zero-order valence-electron chi connectivity index (χ0n) is 13.3. The van der Waals surface area contributed by atoms with Crippen molar-refractivity contribution in [1.29, 1.82) is 0 Å². The molecule has 21 heavy (non-hydrogen) atoms. The molecule has 5 heteroatoms. The summed E-state index contributed by atoms with van der Waals surface area (Å²) in [6.07, 6.45) is 3.63. The summed E-state index contributed by atoms with van der Waals surface area (Å²) >= 11 is 0. The van der Waals surface area contributed by atoms with E-state index in [1.54, 1.807) is 0 Å². The van der Waals surface area contributed by atoms with Crippen molar-refractivity contribution in [2.45, 2.75) is 25.4 Å². The summed E-state index contributed by atoms with van der Waals surface area (Å²) in [5.74, 6) is 2.43. The van der Waals surface area contributed by atoms with Crippen molar-refractivity contribution in [2.75, 3.05) is 53.6 Å². The van der Waals surface area contributed by atoms with Gasteiger partial charge >= 0.3 is 0 Å². The molecule has 3 fully saturated rings. The van der Waals surface area contributed by atoms with Crippen LogP contribution in [0.25, 0.3) is 0 Å². The highest BCUT2D eigenvalue weighted by atomic mass is 16.5. The van der Waals surface area contributed by atoms with Crippen LogP contribution in [0.15, 0.2) is 0 Å². The van der Waals surface area contributed by atoms with Crippen LogP contribution in [-0.4, -0.2) is 75.4 Å². The standard InChI is InChI=1S/C16H28N2O3/c1-17(2)7-13-14-8-18(9-15(13)14)16(19)11-20-10-12-5-3-4-6-21-12/h12-15H,3-11H2,1-2H3/t12?,13?,14-,15+. The number of nitrogens with zero attached hydrogens (tertiary/aromatic N) is 2. The van der Waals surface area contributed by atoms with Crippen LogP contribution >= 0.6 is 0 Å². The Kier molecular flexibility index (Phi) is 4.82. The predicted molar refractivity (Wildman–Crippen MR) is 80.0 cm³/mol. The van der Waals surface area contributed by atoms with Gasteiger partial charge in [0.15, 0.2) is 0 Å². The van der Waals surface area contributed by atoms with Gasteiger partial charge in [0.05, 0.1) is 12.7 Å². The molecule has 2 heterocycles. The van der Waals surface area contributed by atoms with Crippen LogP contribution in [0.3, 0.4) is 0 Å². The maximum atomic E-state index is 12.1. The lowest BCUT2D eigenvalue weighted by Gasteiger charge is -2.24. The topological polar surface area (TPSA) is 42.0 Å². The molecule has 120 valence electrons. The van der Waals surface area contributed by atoms with Gasteiger partial charge in [-0.2, -0.15) is 0 Å². The number of fused-ring (bicyclic) bond motifs is 1. The quantitative estimate of drug-likeness (QED) is 0.728. The SMILES string of the molecule is CN(C)CC1[C@H]2CN(C(=O)COCC3CCCCO3)C[C@@H]12. The summed E-state index contributed by atoms with van der Waals surface area (Å²) in [5.41, 5.74) is 0. The van der Waals surface area contributed by atoms with E-state index in [0.29, 0.717) is 6.61 Å². The Morgan fingerprint density at radius 3 is 2.67 bits per heavy atom. The molecular formula is C16H28N2O3. The molecule has 4 atom stereocenters. The molecule has 2 saturated heterocycles. The lowest BCUT2D eigenvalue weighted by Crippen LogP contribution is -2.36. The van der Waals surface area contributed by atoms with Gasteiger partial charge in [-0.05, 0) is 51.1 Å². The molecule has 0 aromatic rings. The van der Waals surface area contributed by atoms with Crippen LogP contribution in [0.1, 0.15) is 19.3 Å². The van der Waals surface area contributed by atoms with Crippen LogP contribution in [0.2, 0.25) is 0 Å². The van der Waals surface area contributed by atoms with Gasteiger partial charge in [0.1, 0.15) is 6.61 Å². The van der Waals surface area contributed by atoms with Gasteiger partial charge in [0.2, 0.25) is 5.91 Å². The molecule has 1 saturated carbocycles. The first kappa shape index (κ1) is 15.3. The molecule has 0 bridgehead atoms. The molecule has 0 aromatic heterocycles. The van der Waals surface area contributed by atoms with Crippen molar-refractivity contribution in [3.63, 3.8) is 0 Å². The van der Waals surface area contributed by atoms with Gasteiger partial charge in [0.25, 0.3) is 0 Å². The maximum Gasteiger partial charge on any atom is 0.248 e. The van der Waals surface area contributed by atoms with E-state index in [4.69, 9.17) is 9.47 Å². The molecule has 2 unspecified atom stereocenters. The number of hydrogen-bond donors (Lipinski definition) is 0. The minimum Gasteiger partial charge on any atom is -0.376 e. The number of carbonyl (C=O) groups is 1. The Balaban J connectivity index is 1.31. The third-order valence-electron chi connectivity index (χ3n) is 5.10. The molecule has 0 radical (unpaired) electrons. The van der Waals surface area contributed by atoms with Gasteiger partial charge in [-0.15, -0.1) is 0 Å². The van der Waals surface area contributed by atoms with Crippen molar-refractivity contribution in [1.82, 2.24) is 9.80 Å². The number of hydrogen-bond acceptors (Lipinski definition) is 4. The largest absolute Gasteiger partial charge is 0.376 e. The molecule has 3 aliphatic rings. The van der Waals surface area contributed by atoms with E-state index in [1.165, 1.54) is 6.42 Å². The van der Waals surface area contributed by atoms with E-state index < -0.39 is 0 Å². The molecule has 1 amide bonds. The summed E-state index contributed by atoms with van der Waals surface area (Å²) in [4.78, 5) is 16.4. The highest BCUT2D eigenvalue weighted by Gasteiger charge is 2.56. The van der Waals surface area contributed by atoms with E-state index in [2.05, 4.69) is 19.0 Å². The van der Waals surface area contributed by atoms with E-state index in [1.807, 2.05) is 4.90 Å². The number of rotatable bonds is 6. The fourth-order valence-corrected chi connectivity index (χ4v) is 3.85. The minimum atomic E-state index is 0.154. The van der Waals surface area contributed by atoms with Crippen LogP contribution in [0, 0.1) is 17.8 Å². The number of amides is 1. The molecule has 0 spiro atoms. The van der Waals surface area contributed by atoms with Gasteiger partial charge in [-0.1, -0.05) is 0 Å². The summed E-state index contributed by atoms with van der Waals surface area (Å²) < 4.78 is 11.2. The average molecular weight is 296 g/mol. The van der Waals surface area contributed by atoms with E-state index in [-0.39, 0.29) is 18.6 Å². The van der Waals surface area contributed by atoms with Gasteiger partial charge in [-0.3, -0.25) is 4.79 Å². The number of likely N-dealkylation sites (tertiary alicyclic amines) is 1. The van der Waals surface area contributed by atoms with Crippen molar-refractivity contribution in [3.05, 3.63) is 0 Å². The number of piperidine rings is 1. The normalized spacial score (nSPS) is 35.1. The third kappa shape index (κ3) is 3.76. The zero-order chi connectivity index (χ0) is 14.8. The van der Waals surface area contributed by atoms with Gasteiger partial charge in [0, 0.05) is 26.2 Å². The van der Waals surface area contributed by atoms with E-state index in [0.717, 1.165) is 56.8 Å². The molecule has 0 aromatic carbocycles. The molecular weight excluding hydrogens is 268 g/mol. The Labute approximate surface area is 127 Å². The maximum absolute atomic E-state index is 12.1. The Morgan fingerprint density at radius 1 is 1.29 bits per heavy atom. The first-order chi connectivity index (χ1) is 10.1. The monoisotopic (exact) mass is 296 g/mol. The summed E-state index contributed by atoms with van der Waals surface area (Å²) in [6, 6.07) is 0. The van der Waals surface area contributed by atoms with Crippen molar-refractivity contribution < 1.29 is 14.3 Å². The van der Waals surface area contributed by atoms with Gasteiger partial charge < -0.3 is 19.3 Å². The van der Waals surface area contributed by atoms with Crippen LogP contribution < -0.4 is 0 Å². The lowest BCUT2D eigenvalue weighted by molar-refractivity contribution is -0.137. The number of ether oxygens (including phenoxy) is 2. The molecule has 2 aliphatic heterocycles. The summed E-state index contributed by atoms with van der Waals surface area (Å²) in [6.45, 7) is 4.65. The van der Waals surface area contributed by atoms with E-state index in [9.17, 15) is 4.79 Å². The Hall–Kier alpha value is -0.650. The fraction of sp³-hybridized carbons (Fsp3) is 0.938. The lowest BCUT2D eigenvalue weighted by atomic mass is 10.1. The minimum absolute atomic E-state index is 0.154. The smallest absolute Gasteiger partial charge is 0.248 e. The molecule has 3 rings (SSSR count). The van der Waals surface area contributed by atoms with Crippen molar-refractivity contribution in [3.8, 4) is 0 Å². The first-order valence-corrected chi connectivity index (χ1v) is 8.27. The van der Waals surface area contributed by atoms with Crippen molar-refractivity contribution in [2.24, 2.45) is 17.8 Å². The second-order valence-electron chi connectivity index (χ2n) is 7.06. The summed E-state index contributed by atoms with van der Waals surface area (Å²) in [5, 5.41) is 0. The second-order valence-corrected chi connectivity index (χ2v) is 7.06. The fourth-order valence-electron chi connectivity index (χ4n) is 3.85. The molecule has 5 nitrogen and oxygen atoms in total. The number of carbonyl (C=O) groups excluding carboxylic acids is 1. The summed E-state index contributed by atoms with van der Waals surface area (Å²) in [7, 11) is 4.25. The average Bonchev–Trinajstić information content (AvgIpc) is 2.91. The first-order valence-electron chi connectivity index (χ1n) is 8.27. The van der Waals surface area contributed by atoms with Crippen LogP contribution in [-0.2, 0) is 14.3 Å². The third-order valence-corrected chi connectivity index (χ3v) is 5.10. The predicted octanol–water partition coefficient (Wildman–Crippen LogP) is 0.838. The van der Waals surface area contributed by atoms with Gasteiger partial charge in [-0.25, -0.2) is 0 Å². The highest BCUT2D eigenvalue weighted by Crippen LogP contribution is 2.51. The van der Waals surface area contributed by atoms with E-state index >= 15 is 0 Å². The van der Waals surface area contributed by atoms with Crippen LogP contribution in [0.4, 0.5) is 0 Å². The molecule has 0 N–H and O–H groups in total. The highest BCUT2D eigenvalue weighted by molar-refractivity contribution is 5.78. The second kappa shape index (κ2) is 6.63. The van der Waals surface area contributed by atoms with Crippen molar-refractivity contribution >= 4 is 5.91 Å². The Morgan fingerprint density at radius 2 is 2.05 bits per heavy atom. The zero-order valence-corrected chi connectivity index (χ0v) is 13.3. The van der Waals surface area contributed by atoms with Crippen LogP contribution in [0.5, 0.6) is 0 Å². The molecule has 1 aliphatic carbocycles. The Bertz CT molecular complexity index is 357.